The van der Waals surface area contributed by atoms with Gasteiger partial charge in [0.15, 0.2) is 10.9 Å². The molecule has 1 aromatic heterocycles. The van der Waals surface area contributed by atoms with Gasteiger partial charge in [-0.3, -0.25) is 19.6 Å². The van der Waals surface area contributed by atoms with E-state index in [1.165, 1.54) is 31.5 Å². The Balaban J connectivity index is 1.71. The summed E-state index contributed by atoms with van der Waals surface area (Å²) < 4.78 is 0. The lowest BCUT2D eigenvalue weighted by Gasteiger charge is -2.12. The van der Waals surface area contributed by atoms with Crippen molar-refractivity contribution in [3.05, 3.63) is 11.8 Å². The van der Waals surface area contributed by atoms with Crippen LogP contribution in [0.4, 0.5) is 5.82 Å². The lowest BCUT2D eigenvalue weighted by atomic mass is 10.3. The SMILES string of the molecule is CC(=O)SC1CC(=O)N(c2cc(C3CC3)[nH]n2)C1. The molecule has 1 saturated carbocycles. The number of aromatic nitrogens is 2. The molecular formula is C12H15N3O2S. The molecule has 1 N–H and O–H groups in total. The molecular weight excluding hydrogens is 250 g/mol. The van der Waals surface area contributed by atoms with Crippen molar-refractivity contribution >= 4 is 28.6 Å². The van der Waals surface area contributed by atoms with E-state index in [9.17, 15) is 9.59 Å². The zero-order valence-corrected chi connectivity index (χ0v) is 11.0. The van der Waals surface area contributed by atoms with Crippen molar-refractivity contribution in [2.75, 3.05) is 11.4 Å². The summed E-state index contributed by atoms with van der Waals surface area (Å²) in [6.07, 6.45) is 2.84. The van der Waals surface area contributed by atoms with Crippen LogP contribution in [0.15, 0.2) is 6.07 Å². The number of H-pyrrole nitrogens is 1. The van der Waals surface area contributed by atoms with Gasteiger partial charge in [-0.2, -0.15) is 5.10 Å². The number of amides is 1. The van der Waals surface area contributed by atoms with E-state index in [0.717, 1.165) is 5.69 Å². The Hall–Kier alpha value is -1.30. The van der Waals surface area contributed by atoms with E-state index < -0.39 is 0 Å². The largest absolute Gasteiger partial charge is 0.294 e. The summed E-state index contributed by atoms with van der Waals surface area (Å²) in [5.41, 5.74) is 1.13. The molecule has 2 heterocycles. The highest BCUT2D eigenvalue weighted by Gasteiger charge is 2.34. The molecule has 0 radical (unpaired) electrons. The molecule has 1 aliphatic carbocycles. The summed E-state index contributed by atoms with van der Waals surface area (Å²) in [5, 5.41) is 7.34. The van der Waals surface area contributed by atoms with Crippen molar-refractivity contribution in [3.63, 3.8) is 0 Å². The second-order valence-corrected chi connectivity index (χ2v) is 6.37. The number of nitrogens with zero attached hydrogens (tertiary/aromatic N) is 2. The van der Waals surface area contributed by atoms with Gasteiger partial charge in [-0.25, -0.2) is 0 Å². The molecule has 0 bridgehead atoms. The molecule has 6 heteroatoms. The molecule has 18 heavy (non-hydrogen) atoms. The van der Waals surface area contributed by atoms with Crippen LogP contribution in [-0.2, 0) is 9.59 Å². The maximum atomic E-state index is 11.9. The Kier molecular flexibility index (Phi) is 2.89. The monoisotopic (exact) mass is 265 g/mol. The Bertz CT molecular complexity index is 495. The zero-order chi connectivity index (χ0) is 12.7. The summed E-state index contributed by atoms with van der Waals surface area (Å²) >= 11 is 1.25. The smallest absolute Gasteiger partial charge is 0.229 e. The quantitative estimate of drug-likeness (QED) is 0.903. The molecule has 1 amide bonds. The van der Waals surface area contributed by atoms with Crippen LogP contribution in [0.3, 0.4) is 0 Å². The van der Waals surface area contributed by atoms with Gasteiger partial charge in [-0.1, -0.05) is 11.8 Å². The third-order valence-electron chi connectivity index (χ3n) is 3.30. The first-order valence-electron chi connectivity index (χ1n) is 6.16. The molecule has 1 unspecified atom stereocenters. The fraction of sp³-hybridized carbons (Fsp3) is 0.583. The molecule has 1 aliphatic heterocycles. The number of nitrogens with one attached hydrogen (secondary N) is 1. The Morgan fingerprint density at radius 3 is 3.00 bits per heavy atom. The van der Waals surface area contributed by atoms with Crippen LogP contribution in [0, 0.1) is 0 Å². The van der Waals surface area contributed by atoms with Gasteiger partial charge in [0, 0.05) is 42.8 Å². The van der Waals surface area contributed by atoms with E-state index in [4.69, 9.17) is 0 Å². The molecule has 5 nitrogen and oxygen atoms in total. The van der Waals surface area contributed by atoms with Crippen LogP contribution in [0.5, 0.6) is 0 Å². The van der Waals surface area contributed by atoms with Gasteiger partial charge in [0.25, 0.3) is 0 Å². The Morgan fingerprint density at radius 2 is 2.33 bits per heavy atom. The maximum absolute atomic E-state index is 11.9. The minimum absolute atomic E-state index is 0.0580. The highest BCUT2D eigenvalue weighted by molar-refractivity contribution is 8.14. The van der Waals surface area contributed by atoms with E-state index in [1.807, 2.05) is 6.07 Å². The van der Waals surface area contributed by atoms with E-state index in [0.29, 0.717) is 24.7 Å². The number of rotatable bonds is 3. The van der Waals surface area contributed by atoms with Crippen molar-refractivity contribution in [3.8, 4) is 0 Å². The fourth-order valence-electron chi connectivity index (χ4n) is 2.28. The lowest BCUT2D eigenvalue weighted by molar-refractivity contribution is -0.117. The second kappa shape index (κ2) is 4.42. The van der Waals surface area contributed by atoms with Gasteiger partial charge in [-0.05, 0) is 12.8 Å². The third kappa shape index (κ3) is 2.29. The standard InChI is InChI=1S/C12H15N3O2S/c1-7(16)18-9-4-12(17)15(6-9)11-5-10(13-14-11)8-2-3-8/h5,8-9H,2-4,6H2,1H3,(H,13,14). The van der Waals surface area contributed by atoms with E-state index in [2.05, 4.69) is 10.2 Å². The van der Waals surface area contributed by atoms with Gasteiger partial charge in [-0.15, -0.1) is 0 Å². The van der Waals surface area contributed by atoms with Crippen molar-refractivity contribution < 1.29 is 9.59 Å². The number of anilines is 1. The summed E-state index contributed by atoms with van der Waals surface area (Å²) in [5.74, 6) is 1.36. The molecule has 2 aliphatic rings. The van der Waals surface area contributed by atoms with E-state index >= 15 is 0 Å². The van der Waals surface area contributed by atoms with Gasteiger partial charge in [0.2, 0.25) is 5.91 Å². The Labute approximate surface area is 109 Å². The molecule has 0 aromatic carbocycles. The molecule has 1 atom stereocenters. The first-order valence-corrected chi connectivity index (χ1v) is 7.04. The average Bonchev–Trinajstić information content (AvgIpc) is 2.92. The molecule has 1 aromatic rings. The number of hydrogen-bond acceptors (Lipinski definition) is 4. The summed E-state index contributed by atoms with van der Waals surface area (Å²) in [7, 11) is 0. The zero-order valence-electron chi connectivity index (χ0n) is 10.2. The van der Waals surface area contributed by atoms with Gasteiger partial charge >= 0.3 is 0 Å². The third-order valence-corrected chi connectivity index (χ3v) is 4.28. The van der Waals surface area contributed by atoms with Crippen molar-refractivity contribution in [1.29, 1.82) is 0 Å². The van der Waals surface area contributed by atoms with Crippen LogP contribution in [0.25, 0.3) is 0 Å². The van der Waals surface area contributed by atoms with Crippen molar-refractivity contribution in [2.24, 2.45) is 0 Å². The van der Waals surface area contributed by atoms with Gasteiger partial charge in [0.05, 0.1) is 0 Å². The maximum Gasteiger partial charge on any atom is 0.229 e. The highest BCUT2D eigenvalue weighted by Crippen LogP contribution is 2.40. The first-order chi connectivity index (χ1) is 8.63. The topological polar surface area (TPSA) is 66.1 Å². The number of hydrogen-bond donors (Lipinski definition) is 1. The average molecular weight is 265 g/mol. The summed E-state index contributed by atoms with van der Waals surface area (Å²) in [6.45, 7) is 2.12. The minimum Gasteiger partial charge on any atom is -0.294 e. The molecule has 0 spiro atoms. The predicted molar refractivity (Wildman–Crippen MR) is 69.6 cm³/mol. The van der Waals surface area contributed by atoms with Crippen LogP contribution in [-0.4, -0.2) is 33.0 Å². The molecule has 1 saturated heterocycles. The van der Waals surface area contributed by atoms with Crippen LogP contribution >= 0.6 is 11.8 Å². The number of carbonyl (C=O) groups is 2. The molecule has 96 valence electrons. The number of carbonyl (C=O) groups excluding carboxylic acids is 2. The number of thioether (sulfide) groups is 1. The summed E-state index contributed by atoms with van der Waals surface area (Å²) in [4.78, 5) is 24.7. The normalized spacial score (nSPS) is 23.7. The van der Waals surface area contributed by atoms with Crippen LogP contribution < -0.4 is 4.90 Å². The number of aromatic amines is 1. The highest BCUT2D eigenvalue weighted by atomic mass is 32.2. The van der Waals surface area contributed by atoms with E-state index in [1.54, 1.807) is 4.90 Å². The predicted octanol–water partition coefficient (Wildman–Crippen LogP) is 1.67. The van der Waals surface area contributed by atoms with Gasteiger partial charge in [0.1, 0.15) is 0 Å². The second-order valence-electron chi connectivity index (χ2n) is 4.90. The summed E-state index contributed by atoms with van der Waals surface area (Å²) in [6, 6.07) is 1.97. The lowest BCUT2D eigenvalue weighted by Crippen LogP contribution is -2.25. The molecule has 3 rings (SSSR count). The van der Waals surface area contributed by atoms with Crippen LogP contribution in [0.1, 0.15) is 37.8 Å². The first kappa shape index (κ1) is 11.8. The van der Waals surface area contributed by atoms with E-state index in [-0.39, 0.29) is 16.3 Å². The minimum atomic E-state index is 0.0580. The van der Waals surface area contributed by atoms with Crippen molar-refractivity contribution in [1.82, 2.24) is 10.2 Å². The fourth-order valence-corrected chi connectivity index (χ4v) is 3.20. The van der Waals surface area contributed by atoms with Crippen LogP contribution in [0.2, 0.25) is 0 Å². The Morgan fingerprint density at radius 1 is 1.56 bits per heavy atom. The van der Waals surface area contributed by atoms with Gasteiger partial charge < -0.3 is 0 Å². The van der Waals surface area contributed by atoms with Crippen molar-refractivity contribution in [2.45, 2.75) is 37.4 Å². The molecule has 2 fully saturated rings.